The van der Waals surface area contributed by atoms with Crippen molar-refractivity contribution in [3.63, 3.8) is 0 Å². The number of carbonyl (C=O) groups excluding carboxylic acids is 1. The zero-order chi connectivity index (χ0) is 24.9. The molecule has 3 rings (SSSR count). The summed E-state index contributed by atoms with van der Waals surface area (Å²) in [6.07, 6.45) is -2.28. The normalized spacial score (nSPS) is 12.0. The molecule has 0 saturated heterocycles. The van der Waals surface area contributed by atoms with Crippen molar-refractivity contribution in [1.82, 2.24) is 4.98 Å². The van der Waals surface area contributed by atoms with Crippen LogP contribution in [0.15, 0.2) is 60.9 Å². The summed E-state index contributed by atoms with van der Waals surface area (Å²) in [4.78, 5) is 27.9. The number of halogens is 5. The predicted molar refractivity (Wildman–Crippen MR) is 121 cm³/mol. The van der Waals surface area contributed by atoms with Gasteiger partial charge in [-0.2, -0.15) is 0 Å². The van der Waals surface area contributed by atoms with Crippen molar-refractivity contribution in [3.05, 3.63) is 82.1 Å². The van der Waals surface area contributed by atoms with Crippen molar-refractivity contribution in [2.75, 3.05) is 10.6 Å². The summed E-state index contributed by atoms with van der Waals surface area (Å²) in [6, 6.07) is 10.1. The Balaban J connectivity index is 1.67. The van der Waals surface area contributed by atoms with Crippen LogP contribution in [-0.2, 0) is 11.2 Å². The molecular weight excluding hydrogens is 498 g/mol. The molecule has 34 heavy (non-hydrogen) atoms. The van der Waals surface area contributed by atoms with Crippen molar-refractivity contribution in [2.24, 2.45) is 0 Å². The molecule has 0 spiro atoms. The Kier molecular flexibility index (Phi) is 7.85. The van der Waals surface area contributed by atoms with Crippen molar-refractivity contribution in [3.8, 4) is 5.75 Å². The van der Waals surface area contributed by atoms with E-state index in [9.17, 15) is 27.9 Å². The van der Waals surface area contributed by atoms with Crippen LogP contribution < -0.4 is 15.4 Å². The standard InChI is InChI=1S/C22H16Cl2F3N3O4/c23-16-10-28-11-17(24)19(16)20(31)30-13-6-4-12(5-7-13)8-18(21(32)33)29-14-2-1-3-15(9-14)34-22(25,26)27/h1-7,9-11,18,29H,8H2,(H,30,31)(H,32,33). The number of pyridine rings is 1. The summed E-state index contributed by atoms with van der Waals surface area (Å²) < 4.78 is 41.1. The maximum absolute atomic E-state index is 12.4. The smallest absolute Gasteiger partial charge is 0.480 e. The topological polar surface area (TPSA) is 101 Å². The fourth-order valence-electron chi connectivity index (χ4n) is 2.97. The molecule has 0 bridgehead atoms. The van der Waals surface area contributed by atoms with Crippen LogP contribution in [0.3, 0.4) is 0 Å². The van der Waals surface area contributed by atoms with Gasteiger partial charge in [-0.3, -0.25) is 9.78 Å². The molecule has 0 radical (unpaired) electrons. The van der Waals surface area contributed by atoms with Crippen molar-refractivity contribution in [1.29, 1.82) is 0 Å². The van der Waals surface area contributed by atoms with Gasteiger partial charge in [0.1, 0.15) is 11.8 Å². The zero-order valence-corrected chi connectivity index (χ0v) is 18.6. The number of benzene rings is 2. The van der Waals surface area contributed by atoms with Gasteiger partial charge in [0.2, 0.25) is 0 Å². The van der Waals surface area contributed by atoms with Crippen LogP contribution in [0.1, 0.15) is 15.9 Å². The predicted octanol–water partition coefficient (Wildman–Crippen LogP) is 5.65. The number of amides is 1. The van der Waals surface area contributed by atoms with Crippen LogP contribution >= 0.6 is 23.2 Å². The van der Waals surface area contributed by atoms with E-state index in [1.54, 1.807) is 24.3 Å². The lowest BCUT2D eigenvalue weighted by molar-refractivity contribution is -0.274. The second-order valence-corrected chi connectivity index (χ2v) is 7.76. The zero-order valence-electron chi connectivity index (χ0n) is 17.1. The third-order valence-electron chi connectivity index (χ3n) is 4.44. The second-order valence-electron chi connectivity index (χ2n) is 6.94. The number of carboxylic acids is 1. The van der Waals surface area contributed by atoms with Crippen LogP contribution in [0.25, 0.3) is 0 Å². The number of carbonyl (C=O) groups is 2. The average Bonchev–Trinajstić information content (AvgIpc) is 2.73. The van der Waals surface area contributed by atoms with Gasteiger partial charge in [0.25, 0.3) is 5.91 Å². The number of ether oxygens (including phenoxy) is 1. The minimum atomic E-state index is -4.87. The molecule has 1 unspecified atom stereocenters. The maximum atomic E-state index is 12.4. The summed E-state index contributed by atoms with van der Waals surface area (Å²) >= 11 is 12.0. The Morgan fingerprint density at radius 1 is 1.03 bits per heavy atom. The minimum absolute atomic E-state index is 0.00985. The van der Waals surface area contributed by atoms with E-state index < -0.39 is 30.0 Å². The molecule has 0 aliphatic heterocycles. The van der Waals surface area contributed by atoms with Gasteiger partial charge in [0.05, 0.1) is 15.6 Å². The molecular formula is C22H16Cl2F3N3O4. The second kappa shape index (κ2) is 10.6. The number of rotatable bonds is 8. The van der Waals surface area contributed by atoms with Gasteiger partial charge in [-0.1, -0.05) is 41.4 Å². The largest absolute Gasteiger partial charge is 0.573 e. The van der Waals surface area contributed by atoms with E-state index >= 15 is 0 Å². The number of aliphatic carboxylic acids is 1. The molecule has 1 heterocycles. The molecule has 0 fully saturated rings. The van der Waals surface area contributed by atoms with E-state index in [-0.39, 0.29) is 27.7 Å². The molecule has 1 amide bonds. The fourth-order valence-corrected chi connectivity index (χ4v) is 3.50. The number of aromatic nitrogens is 1. The molecule has 1 atom stereocenters. The Morgan fingerprint density at radius 2 is 1.68 bits per heavy atom. The highest BCUT2D eigenvalue weighted by molar-refractivity contribution is 6.40. The Morgan fingerprint density at radius 3 is 2.26 bits per heavy atom. The monoisotopic (exact) mass is 513 g/mol. The quantitative estimate of drug-likeness (QED) is 0.360. The summed E-state index contributed by atoms with van der Waals surface area (Å²) in [7, 11) is 0. The van der Waals surface area contributed by atoms with Gasteiger partial charge in [0, 0.05) is 36.3 Å². The molecule has 3 aromatic rings. The number of nitrogens with one attached hydrogen (secondary N) is 2. The first-order chi connectivity index (χ1) is 16.0. The number of anilines is 2. The van der Waals surface area contributed by atoms with E-state index in [1.165, 1.54) is 24.5 Å². The molecule has 0 saturated carbocycles. The minimum Gasteiger partial charge on any atom is -0.480 e. The van der Waals surface area contributed by atoms with Gasteiger partial charge < -0.3 is 20.5 Å². The molecule has 1 aromatic heterocycles. The lowest BCUT2D eigenvalue weighted by atomic mass is 10.0. The first-order valence-electron chi connectivity index (χ1n) is 9.56. The molecule has 2 aromatic carbocycles. The van der Waals surface area contributed by atoms with Crippen LogP contribution in [-0.4, -0.2) is 34.4 Å². The average molecular weight is 514 g/mol. The van der Waals surface area contributed by atoms with E-state index in [4.69, 9.17) is 23.2 Å². The van der Waals surface area contributed by atoms with Crippen LogP contribution in [0.5, 0.6) is 5.75 Å². The molecule has 178 valence electrons. The van der Waals surface area contributed by atoms with Crippen LogP contribution in [0.4, 0.5) is 24.5 Å². The van der Waals surface area contributed by atoms with E-state index in [2.05, 4.69) is 20.4 Å². The van der Waals surface area contributed by atoms with Gasteiger partial charge in [-0.25, -0.2) is 4.79 Å². The SMILES string of the molecule is O=C(Nc1ccc(CC(Nc2cccc(OC(F)(F)F)c2)C(=O)O)cc1)c1c(Cl)cncc1Cl. The highest BCUT2D eigenvalue weighted by Crippen LogP contribution is 2.26. The van der Waals surface area contributed by atoms with E-state index in [0.717, 1.165) is 12.1 Å². The number of hydrogen-bond donors (Lipinski definition) is 3. The first kappa shape index (κ1) is 25.1. The summed E-state index contributed by atoms with van der Waals surface area (Å²) in [5.41, 5.74) is 1.22. The molecule has 3 N–H and O–H groups in total. The highest BCUT2D eigenvalue weighted by Gasteiger charge is 2.31. The van der Waals surface area contributed by atoms with Crippen molar-refractivity contribution >= 4 is 46.5 Å². The van der Waals surface area contributed by atoms with Gasteiger partial charge in [0.15, 0.2) is 0 Å². The third kappa shape index (κ3) is 7.00. The van der Waals surface area contributed by atoms with Gasteiger partial charge >= 0.3 is 12.3 Å². The Labute approximate surface area is 201 Å². The molecule has 12 heteroatoms. The van der Waals surface area contributed by atoms with Crippen LogP contribution in [0.2, 0.25) is 10.0 Å². The molecule has 0 aliphatic carbocycles. The number of nitrogens with zero attached hydrogens (tertiary/aromatic N) is 1. The lowest BCUT2D eigenvalue weighted by Gasteiger charge is -2.17. The summed E-state index contributed by atoms with van der Waals surface area (Å²) in [6.45, 7) is 0. The van der Waals surface area contributed by atoms with E-state index in [0.29, 0.717) is 11.3 Å². The number of carboxylic acid groups (broad SMARTS) is 1. The van der Waals surface area contributed by atoms with E-state index in [1.807, 2.05) is 0 Å². The Hall–Kier alpha value is -3.50. The van der Waals surface area contributed by atoms with Crippen LogP contribution in [0, 0.1) is 0 Å². The van der Waals surface area contributed by atoms with Gasteiger partial charge in [-0.15, -0.1) is 13.2 Å². The third-order valence-corrected chi connectivity index (χ3v) is 5.01. The fraction of sp³-hybridized carbons (Fsp3) is 0.136. The first-order valence-corrected chi connectivity index (χ1v) is 10.3. The maximum Gasteiger partial charge on any atom is 0.573 e. The van der Waals surface area contributed by atoms with Gasteiger partial charge in [-0.05, 0) is 29.8 Å². The summed E-state index contributed by atoms with van der Waals surface area (Å²) in [5, 5.41) is 15.0. The molecule has 0 aliphatic rings. The number of alkyl halides is 3. The molecule has 7 nitrogen and oxygen atoms in total. The lowest BCUT2D eigenvalue weighted by Crippen LogP contribution is -2.31. The number of hydrogen-bond acceptors (Lipinski definition) is 5. The highest BCUT2D eigenvalue weighted by atomic mass is 35.5. The van der Waals surface area contributed by atoms with Crippen molar-refractivity contribution in [2.45, 2.75) is 18.8 Å². The van der Waals surface area contributed by atoms with Crippen molar-refractivity contribution < 1.29 is 32.6 Å². The Bertz CT molecular complexity index is 1170. The summed E-state index contributed by atoms with van der Waals surface area (Å²) in [5.74, 6) is -2.23.